The summed E-state index contributed by atoms with van der Waals surface area (Å²) < 4.78 is 0. The van der Waals surface area contributed by atoms with Gasteiger partial charge in [-0.25, -0.2) is 9.97 Å². The SMILES string of the molecule is CCc1cccc(C)c1Nc1cnc(C(=O)NCc2ccccc2)cn1. The maximum atomic E-state index is 12.2. The van der Waals surface area contributed by atoms with Crippen LogP contribution in [0.25, 0.3) is 0 Å². The molecule has 0 bridgehead atoms. The van der Waals surface area contributed by atoms with Gasteiger partial charge >= 0.3 is 0 Å². The van der Waals surface area contributed by atoms with Crippen LogP contribution in [0.15, 0.2) is 60.9 Å². The molecule has 132 valence electrons. The van der Waals surface area contributed by atoms with E-state index in [-0.39, 0.29) is 5.91 Å². The van der Waals surface area contributed by atoms with E-state index in [1.54, 1.807) is 6.20 Å². The fourth-order valence-corrected chi connectivity index (χ4v) is 2.71. The molecule has 0 fully saturated rings. The van der Waals surface area contributed by atoms with Crippen molar-refractivity contribution in [2.24, 2.45) is 0 Å². The number of nitrogens with zero attached hydrogens (tertiary/aromatic N) is 2. The first kappa shape index (κ1) is 17.6. The Morgan fingerprint density at radius 1 is 1.00 bits per heavy atom. The summed E-state index contributed by atoms with van der Waals surface area (Å²) in [7, 11) is 0. The maximum absolute atomic E-state index is 12.2. The summed E-state index contributed by atoms with van der Waals surface area (Å²) in [6, 6.07) is 16.0. The second-order valence-electron chi connectivity index (χ2n) is 6.04. The monoisotopic (exact) mass is 346 g/mol. The molecule has 1 aromatic heterocycles. The van der Waals surface area contributed by atoms with Crippen molar-refractivity contribution in [3.63, 3.8) is 0 Å². The molecule has 5 nitrogen and oxygen atoms in total. The predicted molar refractivity (Wildman–Crippen MR) is 103 cm³/mol. The van der Waals surface area contributed by atoms with Crippen molar-refractivity contribution in [1.29, 1.82) is 0 Å². The molecule has 2 N–H and O–H groups in total. The number of anilines is 2. The van der Waals surface area contributed by atoms with Crippen molar-refractivity contribution in [1.82, 2.24) is 15.3 Å². The largest absolute Gasteiger partial charge is 0.347 e. The van der Waals surface area contributed by atoms with E-state index in [9.17, 15) is 4.79 Å². The van der Waals surface area contributed by atoms with Crippen LogP contribution in [0.4, 0.5) is 11.5 Å². The van der Waals surface area contributed by atoms with E-state index >= 15 is 0 Å². The summed E-state index contributed by atoms with van der Waals surface area (Å²) >= 11 is 0. The number of hydrogen-bond acceptors (Lipinski definition) is 4. The lowest BCUT2D eigenvalue weighted by Gasteiger charge is -2.13. The van der Waals surface area contributed by atoms with Gasteiger partial charge in [-0.05, 0) is 30.0 Å². The zero-order chi connectivity index (χ0) is 18.4. The Balaban J connectivity index is 1.66. The van der Waals surface area contributed by atoms with Crippen LogP contribution >= 0.6 is 0 Å². The summed E-state index contributed by atoms with van der Waals surface area (Å²) in [5.74, 6) is 0.381. The molecule has 26 heavy (non-hydrogen) atoms. The fourth-order valence-electron chi connectivity index (χ4n) is 2.71. The van der Waals surface area contributed by atoms with Crippen LogP contribution in [0.2, 0.25) is 0 Å². The molecule has 0 aliphatic heterocycles. The lowest BCUT2D eigenvalue weighted by atomic mass is 10.1. The number of carbonyl (C=O) groups excluding carboxylic acids is 1. The Bertz CT molecular complexity index is 876. The summed E-state index contributed by atoms with van der Waals surface area (Å²) in [4.78, 5) is 20.8. The summed E-state index contributed by atoms with van der Waals surface area (Å²) in [5.41, 5.74) is 4.75. The summed E-state index contributed by atoms with van der Waals surface area (Å²) in [6.45, 7) is 4.64. The van der Waals surface area contributed by atoms with Gasteiger partial charge in [-0.3, -0.25) is 4.79 Å². The minimum atomic E-state index is -0.238. The molecule has 0 radical (unpaired) electrons. The molecule has 0 spiro atoms. The zero-order valence-corrected chi connectivity index (χ0v) is 15.0. The van der Waals surface area contributed by atoms with Crippen LogP contribution in [-0.4, -0.2) is 15.9 Å². The van der Waals surface area contributed by atoms with Gasteiger partial charge in [0.25, 0.3) is 5.91 Å². The molecule has 0 atom stereocenters. The topological polar surface area (TPSA) is 66.9 Å². The van der Waals surface area contributed by atoms with Gasteiger partial charge in [-0.2, -0.15) is 0 Å². The number of aromatic nitrogens is 2. The van der Waals surface area contributed by atoms with Crippen LogP contribution in [0, 0.1) is 6.92 Å². The quantitative estimate of drug-likeness (QED) is 0.707. The molecule has 3 rings (SSSR count). The van der Waals surface area contributed by atoms with E-state index in [0.29, 0.717) is 18.1 Å². The van der Waals surface area contributed by atoms with Gasteiger partial charge in [0.15, 0.2) is 0 Å². The molecule has 3 aromatic rings. The number of carbonyl (C=O) groups is 1. The Labute approximate surface area is 153 Å². The number of aryl methyl sites for hydroxylation is 2. The molecule has 2 aromatic carbocycles. The Hall–Kier alpha value is -3.21. The first-order valence-electron chi connectivity index (χ1n) is 8.67. The van der Waals surface area contributed by atoms with E-state index < -0.39 is 0 Å². The third-order valence-electron chi connectivity index (χ3n) is 4.17. The van der Waals surface area contributed by atoms with E-state index in [1.165, 1.54) is 11.8 Å². The highest BCUT2D eigenvalue weighted by molar-refractivity contribution is 5.92. The first-order valence-corrected chi connectivity index (χ1v) is 8.67. The lowest BCUT2D eigenvalue weighted by molar-refractivity contribution is 0.0945. The average molecular weight is 346 g/mol. The molecule has 0 unspecified atom stereocenters. The molecule has 1 amide bonds. The molecule has 1 heterocycles. The van der Waals surface area contributed by atoms with E-state index in [2.05, 4.69) is 46.6 Å². The van der Waals surface area contributed by atoms with Crippen molar-refractivity contribution in [3.05, 3.63) is 83.3 Å². The van der Waals surface area contributed by atoms with Crippen molar-refractivity contribution < 1.29 is 4.79 Å². The highest BCUT2D eigenvalue weighted by Crippen LogP contribution is 2.24. The molecule has 0 saturated heterocycles. The molecular weight excluding hydrogens is 324 g/mol. The fraction of sp³-hybridized carbons (Fsp3) is 0.190. The van der Waals surface area contributed by atoms with Crippen molar-refractivity contribution in [3.8, 4) is 0 Å². The Kier molecular flexibility index (Phi) is 5.59. The van der Waals surface area contributed by atoms with Crippen molar-refractivity contribution in [2.75, 3.05) is 5.32 Å². The lowest BCUT2D eigenvalue weighted by Crippen LogP contribution is -2.24. The molecule has 0 aliphatic rings. The van der Waals surface area contributed by atoms with E-state index in [1.807, 2.05) is 36.4 Å². The minimum absolute atomic E-state index is 0.238. The third kappa shape index (κ3) is 4.25. The molecular formula is C21H22N4O. The average Bonchev–Trinajstić information content (AvgIpc) is 2.69. The van der Waals surface area contributed by atoms with Gasteiger partial charge in [0, 0.05) is 12.2 Å². The van der Waals surface area contributed by atoms with Gasteiger partial charge < -0.3 is 10.6 Å². The van der Waals surface area contributed by atoms with Crippen molar-refractivity contribution in [2.45, 2.75) is 26.8 Å². The van der Waals surface area contributed by atoms with Crippen LogP contribution in [0.1, 0.15) is 34.1 Å². The highest BCUT2D eigenvalue weighted by atomic mass is 16.1. The zero-order valence-electron chi connectivity index (χ0n) is 15.0. The maximum Gasteiger partial charge on any atom is 0.271 e. The van der Waals surface area contributed by atoms with Gasteiger partial charge in [0.1, 0.15) is 11.5 Å². The number of nitrogens with one attached hydrogen (secondary N) is 2. The molecule has 0 aliphatic carbocycles. The van der Waals surface area contributed by atoms with Crippen LogP contribution in [0.5, 0.6) is 0 Å². The molecule has 5 heteroatoms. The summed E-state index contributed by atoms with van der Waals surface area (Å²) in [6.07, 6.45) is 4.01. The first-order chi connectivity index (χ1) is 12.7. The van der Waals surface area contributed by atoms with Crippen molar-refractivity contribution >= 4 is 17.4 Å². The normalized spacial score (nSPS) is 10.4. The van der Waals surface area contributed by atoms with Gasteiger partial charge in [0.2, 0.25) is 0 Å². The number of para-hydroxylation sites is 1. The highest BCUT2D eigenvalue weighted by Gasteiger charge is 2.09. The second kappa shape index (κ2) is 8.25. The van der Waals surface area contributed by atoms with Gasteiger partial charge in [-0.1, -0.05) is 55.5 Å². The summed E-state index contributed by atoms with van der Waals surface area (Å²) in [5, 5.41) is 6.16. The van der Waals surface area contributed by atoms with Gasteiger partial charge in [0.05, 0.1) is 12.4 Å². The van der Waals surface area contributed by atoms with Crippen LogP contribution < -0.4 is 10.6 Å². The Morgan fingerprint density at radius 2 is 1.81 bits per heavy atom. The second-order valence-corrected chi connectivity index (χ2v) is 6.04. The number of hydrogen-bond donors (Lipinski definition) is 2. The van der Waals surface area contributed by atoms with Crippen LogP contribution in [0.3, 0.4) is 0 Å². The Morgan fingerprint density at radius 3 is 2.50 bits per heavy atom. The minimum Gasteiger partial charge on any atom is -0.347 e. The van der Waals surface area contributed by atoms with E-state index in [4.69, 9.17) is 0 Å². The van der Waals surface area contributed by atoms with Crippen LogP contribution in [-0.2, 0) is 13.0 Å². The third-order valence-corrected chi connectivity index (χ3v) is 4.17. The number of rotatable bonds is 6. The smallest absolute Gasteiger partial charge is 0.271 e. The predicted octanol–water partition coefficient (Wildman–Crippen LogP) is 4.02. The van der Waals surface area contributed by atoms with E-state index in [0.717, 1.165) is 23.2 Å². The number of amides is 1. The number of benzene rings is 2. The standard InChI is InChI=1S/C21H22N4O/c1-3-17-11-7-8-15(2)20(17)25-19-14-22-18(13-23-19)21(26)24-12-16-9-5-4-6-10-16/h4-11,13-14H,3,12H2,1-2H3,(H,23,25)(H,24,26). The van der Waals surface area contributed by atoms with Gasteiger partial charge in [-0.15, -0.1) is 0 Å². The molecule has 0 saturated carbocycles.